The molecule has 2 aromatic rings. The van der Waals surface area contributed by atoms with Crippen LogP contribution in [0.15, 0.2) is 53.4 Å². The van der Waals surface area contributed by atoms with E-state index in [-0.39, 0.29) is 17.5 Å². The first-order valence-corrected chi connectivity index (χ1v) is 8.99. The predicted octanol–water partition coefficient (Wildman–Crippen LogP) is 3.97. The summed E-state index contributed by atoms with van der Waals surface area (Å²) in [6, 6.07) is 13.8. The van der Waals surface area contributed by atoms with Gasteiger partial charge in [0.2, 0.25) is 0 Å². The third-order valence-electron chi connectivity index (χ3n) is 3.56. The molecular weight excluding hydrogens is 362 g/mol. The van der Waals surface area contributed by atoms with Gasteiger partial charge in [-0.25, -0.2) is 4.79 Å². The van der Waals surface area contributed by atoms with Crippen molar-refractivity contribution in [1.82, 2.24) is 5.06 Å². The van der Waals surface area contributed by atoms with Crippen molar-refractivity contribution in [1.29, 1.82) is 0 Å². The number of rotatable bonds is 6. The molecule has 3 rings (SSSR count). The van der Waals surface area contributed by atoms with Crippen LogP contribution in [0.5, 0.6) is 0 Å². The molecule has 0 saturated carbocycles. The van der Waals surface area contributed by atoms with Crippen molar-refractivity contribution in [2.45, 2.75) is 17.7 Å². The molecule has 2 aromatic carbocycles. The van der Waals surface area contributed by atoms with E-state index in [2.05, 4.69) is 0 Å². The van der Waals surface area contributed by atoms with Crippen molar-refractivity contribution in [3.05, 3.63) is 64.7 Å². The van der Waals surface area contributed by atoms with Gasteiger partial charge in [0.05, 0.1) is 11.1 Å². The van der Waals surface area contributed by atoms with Gasteiger partial charge in [0.1, 0.15) is 0 Å². The summed E-state index contributed by atoms with van der Waals surface area (Å²) in [5, 5.41) is 1.22. The third-order valence-corrected chi connectivity index (χ3v) is 4.91. The van der Waals surface area contributed by atoms with Crippen LogP contribution in [0.2, 0.25) is 5.02 Å². The van der Waals surface area contributed by atoms with Crippen molar-refractivity contribution in [3.63, 3.8) is 0 Å². The average Bonchev–Trinajstić information content (AvgIpc) is 2.86. The number of thioether (sulfide) groups is 1. The fraction of sp³-hybridized carbons (Fsp3) is 0.167. The Hall–Kier alpha value is -2.31. The minimum Gasteiger partial charge on any atom is -0.330 e. The highest BCUT2D eigenvalue weighted by Crippen LogP contribution is 2.24. The molecule has 1 heterocycles. The molecule has 5 nitrogen and oxygen atoms in total. The number of carbonyl (C=O) groups excluding carboxylic acids is 3. The molecule has 0 atom stereocenters. The summed E-state index contributed by atoms with van der Waals surface area (Å²) in [7, 11) is 0. The molecular formula is C18H14ClNO4S. The van der Waals surface area contributed by atoms with Crippen LogP contribution >= 0.6 is 23.4 Å². The van der Waals surface area contributed by atoms with E-state index in [0.29, 0.717) is 22.3 Å². The number of hydrogen-bond donors (Lipinski definition) is 0. The Morgan fingerprint density at radius 1 is 1.00 bits per heavy atom. The lowest BCUT2D eigenvalue weighted by molar-refractivity contribution is -0.168. The maximum atomic E-state index is 12.1. The Balaban J connectivity index is 1.46. The van der Waals surface area contributed by atoms with Crippen LogP contribution in [0, 0.1) is 0 Å². The monoisotopic (exact) mass is 375 g/mol. The maximum absolute atomic E-state index is 12.1. The standard InChI is InChI=1S/C18H14ClNO4S/c19-12-7-9-13(10-8-12)25-11-3-6-16(21)24-20-17(22)14-4-1-2-5-15(14)18(20)23/h1-2,4-5,7-10H,3,6,11H2. The van der Waals surface area contributed by atoms with E-state index in [0.717, 1.165) is 4.90 Å². The van der Waals surface area contributed by atoms with Crippen LogP contribution in [0.4, 0.5) is 0 Å². The number of halogens is 1. The van der Waals surface area contributed by atoms with Crippen LogP contribution in [-0.4, -0.2) is 28.6 Å². The van der Waals surface area contributed by atoms with Gasteiger partial charge >= 0.3 is 5.97 Å². The van der Waals surface area contributed by atoms with Crippen molar-refractivity contribution < 1.29 is 19.2 Å². The highest BCUT2D eigenvalue weighted by Gasteiger charge is 2.38. The fourth-order valence-electron chi connectivity index (χ4n) is 2.33. The minimum atomic E-state index is -0.607. The Labute approximate surface area is 153 Å². The second-order valence-electron chi connectivity index (χ2n) is 5.32. The number of carbonyl (C=O) groups is 3. The zero-order valence-corrected chi connectivity index (χ0v) is 14.7. The van der Waals surface area contributed by atoms with E-state index < -0.39 is 17.8 Å². The van der Waals surface area contributed by atoms with Crippen LogP contribution in [0.1, 0.15) is 33.6 Å². The second kappa shape index (κ2) is 7.72. The Kier molecular flexibility index (Phi) is 5.40. The lowest BCUT2D eigenvalue weighted by atomic mass is 10.1. The number of benzene rings is 2. The number of hydroxylamine groups is 2. The molecule has 25 heavy (non-hydrogen) atoms. The molecule has 0 N–H and O–H groups in total. The van der Waals surface area contributed by atoms with Gasteiger partial charge in [0, 0.05) is 16.3 Å². The van der Waals surface area contributed by atoms with Gasteiger partial charge in [-0.05, 0) is 48.6 Å². The number of nitrogens with zero attached hydrogens (tertiary/aromatic N) is 1. The molecule has 128 valence electrons. The van der Waals surface area contributed by atoms with Gasteiger partial charge in [-0.15, -0.1) is 11.8 Å². The molecule has 0 aromatic heterocycles. The van der Waals surface area contributed by atoms with Crippen LogP contribution < -0.4 is 0 Å². The summed E-state index contributed by atoms with van der Waals surface area (Å²) in [5.74, 6) is -1.11. The lowest BCUT2D eigenvalue weighted by Gasteiger charge is -2.12. The smallest absolute Gasteiger partial charge is 0.330 e. The quantitative estimate of drug-likeness (QED) is 0.434. The molecule has 0 spiro atoms. The highest BCUT2D eigenvalue weighted by atomic mass is 35.5. The normalized spacial score (nSPS) is 13.1. The first-order valence-electron chi connectivity index (χ1n) is 7.63. The van der Waals surface area contributed by atoms with Gasteiger partial charge in [0.25, 0.3) is 11.8 Å². The second-order valence-corrected chi connectivity index (χ2v) is 6.92. The Morgan fingerprint density at radius 2 is 1.60 bits per heavy atom. The molecule has 0 fully saturated rings. The van der Waals surface area contributed by atoms with Gasteiger partial charge in [-0.1, -0.05) is 28.8 Å². The molecule has 1 aliphatic rings. The summed E-state index contributed by atoms with van der Waals surface area (Å²) >= 11 is 7.41. The average molecular weight is 376 g/mol. The minimum absolute atomic E-state index is 0.119. The number of hydrogen-bond acceptors (Lipinski definition) is 5. The zero-order chi connectivity index (χ0) is 17.8. The van der Waals surface area contributed by atoms with E-state index in [1.807, 2.05) is 12.1 Å². The van der Waals surface area contributed by atoms with Gasteiger partial charge in [-0.2, -0.15) is 0 Å². The molecule has 7 heteroatoms. The number of amides is 2. The van der Waals surface area contributed by atoms with Gasteiger partial charge in [0.15, 0.2) is 0 Å². The maximum Gasteiger partial charge on any atom is 0.333 e. The van der Waals surface area contributed by atoms with Crippen molar-refractivity contribution in [3.8, 4) is 0 Å². The lowest BCUT2D eigenvalue weighted by Crippen LogP contribution is -2.32. The largest absolute Gasteiger partial charge is 0.333 e. The van der Waals surface area contributed by atoms with Crippen molar-refractivity contribution in [2.75, 3.05) is 5.75 Å². The molecule has 0 unspecified atom stereocenters. The van der Waals surface area contributed by atoms with Gasteiger partial charge < -0.3 is 4.84 Å². The summed E-state index contributed by atoms with van der Waals surface area (Å²) in [6.07, 6.45) is 0.684. The van der Waals surface area contributed by atoms with E-state index >= 15 is 0 Å². The van der Waals surface area contributed by atoms with Crippen LogP contribution in [0.3, 0.4) is 0 Å². The molecule has 0 radical (unpaired) electrons. The Morgan fingerprint density at radius 3 is 2.20 bits per heavy atom. The molecule has 0 aliphatic carbocycles. The highest BCUT2D eigenvalue weighted by molar-refractivity contribution is 7.99. The van der Waals surface area contributed by atoms with E-state index in [1.165, 1.54) is 12.1 Å². The number of imide groups is 1. The van der Waals surface area contributed by atoms with E-state index in [9.17, 15) is 14.4 Å². The predicted molar refractivity (Wildman–Crippen MR) is 94.4 cm³/mol. The SMILES string of the molecule is O=C(CCCSc1ccc(Cl)cc1)ON1C(=O)c2ccccc2C1=O. The first kappa shape index (κ1) is 17.5. The number of fused-ring (bicyclic) bond motifs is 1. The summed E-state index contributed by atoms with van der Waals surface area (Å²) in [4.78, 5) is 42.1. The first-order chi connectivity index (χ1) is 12.1. The summed E-state index contributed by atoms with van der Waals surface area (Å²) in [6.45, 7) is 0. The van der Waals surface area contributed by atoms with E-state index in [1.54, 1.807) is 36.0 Å². The van der Waals surface area contributed by atoms with Crippen molar-refractivity contribution >= 4 is 41.1 Å². The summed E-state index contributed by atoms with van der Waals surface area (Å²) < 4.78 is 0. The fourth-order valence-corrected chi connectivity index (χ4v) is 3.31. The molecule has 0 saturated heterocycles. The van der Waals surface area contributed by atoms with E-state index in [4.69, 9.17) is 16.4 Å². The summed E-state index contributed by atoms with van der Waals surface area (Å²) in [5.41, 5.74) is 0.497. The van der Waals surface area contributed by atoms with Crippen molar-refractivity contribution in [2.24, 2.45) is 0 Å². The van der Waals surface area contributed by atoms with Gasteiger partial charge in [-0.3, -0.25) is 9.59 Å². The Bertz CT molecular complexity index is 787. The molecule has 1 aliphatic heterocycles. The van der Waals surface area contributed by atoms with Crippen LogP contribution in [0.25, 0.3) is 0 Å². The zero-order valence-electron chi connectivity index (χ0n) is 13.1. The third kappa shape index (κ3) is 4.03. The van der Waals surface area contributed by atoms with Crippen LogP contribution in [-0.2, 0) is 9.63 Å². The molecule has 0 bridgehead atoms. The molecule has 2 amide bonds. The topological polar surface area (TPSA) is 63.7 Å².